The molecule has 1 atom stereocenters. The molecule has 6 nitrogen and oxygen atoms in total. The fraction of sp³-hybridized carbons (Fsp3) is 0.406. The summed E-state index contributed by atoms with van der Waals surface area (Å²) in [4.78, 5) is 25.2. The van der Waals surface area contributed by atoms with Crippen molar-refractivity contribution in [3.05, 3.63) is 82.8 Å². The summed E-state index contributed by atoms with van der Waals surface area (Å²) in [7, 11) is 3.57. The van der Waals surface area contributed by atoms with Crippen LogP contribution in [0.3, 0.4) is 0 Å². The third kappa shape index (κ3) is 6.87. The van der Waals surface area contributed by atoms with Crippen molar-refractivity contribution in [2.24, 2.45) is 0 Å². The number of hydrogen-bond donors (Lipinski definition) is 1. The molecule has 6 heteroatoms. The summed E-state index contributed by atoms with van der Waals surface area (Å²) < 4.78 is 0. The number of pyridine rings is 2. The maximum Gasteiger partial charge on any atom is 0.253 e. The molecule has 2 aromatic heterocycles. The van der Waals surface area contributed by atoms with E-state index in [9.17, 15) is 4.79 Å². The standard InChI is InChI=1S/C30H37N5O.C2H6/c1-20(18-28-21(2)32-15-12-27(28)26-10-11-29(31)33-19-26)22(3)35-16-13-24(14-17-35)23-6-8-25(9-7-23)30(36)34(4)5;1-2/h6-12,15,18-19,22,24H,13-14,16-17H2,1-5H3,(H2,31,33);1-2H3/b20-18+;. The van der Waals surface area contributed by atoms with Crippen LogP contribution in [0.4, 0.5) is 5.82 Å². The minimum atomic E-state index is 0.0483. The molecule has 0 aliphatic carbocycles. The number of likely N-dealkylation sites (tertiary alicyclic amines) is 1. The number of carbonyl (C=O) groups excluding carboxylic acids is 1. The average Bonchev–Trinajstić information content (AvgIpc) is 2.95. The summed E-state index contributed by atoms with van der Waals surface area (Å²) in [6, 6.07) is 14.4. The number of hydrogen-bond acceptors (Lipinski definition) is 5. The molecular weight excluding hydrogens is 470 g/mol. The first-order chi connectivity index (χ1) is 18.2. The van der Waals surface area contributed by atoms with Crippen molar-refractivity contribution in [2.75, 3.05) is 32.9 Å². The van der Waals surface area contributed by atoms with Gasteiger partial charge in [-0.25, -0.2) is 4.98 Å². The first kappa shape index (κ1) is 29.1. The molecule has 0 saturated carbocycles. The quantitative estimate of drug-likeness (QED) is 0.411. The van der Waals surface area contributed by atoms with E-state index in [2.05, 4.69) is 53.8 Å². The Kier molecular flexibility index (Phi) is 10.2. The molecule has 1 amide bonds. The van der Waals surface area contributed by atoms with Gasteiger partial charge in [-0.15, -0.1) is 0 Å². The Morgan fingerprint density at radius 3 is 2.29 bits per heavy atom. The molecule has 4 rings (SSSR count). The van der Waals surface area contributed by atoms with E-state index >= 15 is 0 Å². The number of aromatic nitrogens is 2. The van der Waals surface area contributed by atoms with E-state index in [1.165, 1.54) is 11.1 Å². The topological polar surface area (TPSA) is 75.3 Å². The molecule has 0 radical (unpaired) electrons. The minimum absolute atomic E-state index is 0.0483. The van der Waals surface area contributed by atoms with Gasteiger partial charge in [0.1, 0.15) is 5.82 Å². The molecular formula is C32H43N5O. The zero-order valence-corrected chi connectivity index (χ0v) is 24.0. The van der Waals surface area contributed by atoms with Gasteiger partial charge in [0.25, 0.3) is 5.91 Å². The van der Waals surface area contributed by atoms with Gasteiger partial charge in [0, 0.05) is 54.9 Å². The first-order valence-corrected chi connectivity index (χ1v) is 13.7. The van der Waals surface area contributed by atoms with Gasteiger partial charge in [-0.3, -0.25) is 14.7 Å². The van der Waals surface area contributed by atoms with E-state index < -0.39 is 0 Å². The van der Waals surface area contributed by atoms with E-state index in [0.717, 1.165) is 53.9 Å². The number of carbonyl (C=O) groups is 1. The van der Waals surface area contributed by atoms with Crippen LogP contribution in [0.2, 0.25) is 0 Å². The van der Waals surface area contributed by atoms with Crippen molar-refractivity contribution in [1.82, 2.24) is 19.8 Å². The molecule has 202 valence electrons. The number of nitrogens with two attached hydrogens (primary N) is 1. The van der Waals surface area contributed by atoms with Crippen LogP contribution in [-0.4, -0.2) is 58.9 Å². The van der Waals surface area contributed by atoms with Crippen LogP contribution >= 0.6 is 0 Å². The number of nitrogen functional groups attached to an aromatic ring is 1. The fourth-order valence-corrected chi connectivity index (χ4v) is 4.99. The van der Waals surface area contributed by atoms with Gasteiger partial charge in [0.05, 0.1) is 0 Å². The van der Waals surface area contributed by atoms with Gasteiger partial charge in [-0.2, -0.15) is 0 Å². The molecule has 1 aliphatic rings. The zero-order chi connectivity index (χ0) is 27.8. The van der Waals surface area contributed by atoms with Crippen LogP contribution in [0.1, 0.15) is 73.6 Å². The van der Waals surface area contributed by atoms with Crippen LogP contribution in [0.25, 0.3) is 17.2 Å². The minimum Gasteiger partial charge on any atom is -0.384 e. The maximum absolute atomic E-state index is 12.2. The van der Waals surface area contributed by atoms with Crippen molar-refractivity contribution < 1.29 is 4.79 Å². The summed E-state index contributed by atoms with van der Waals surface area (Å²) in [5.74, 6) is 1.10. The van der Waals surface area contributed by atoms with Crippen molar-refractivity contribution in [1.29, 1.82) is 0 Å². The first-order valence-electron chi connectivity index (χ1n) is 13.7. The Bertz CT molecular complexity index is 1220. The average molecular weight is 514 g/mol. The number of piperidine rings is 1. The zero-order valence-electron chi connectivity index (χ0n) is 24.0. The number of aryl methyl sites for hydroxylation is 1. The van der Waals surface area contributed by atoms with Gasteiger partial charge in [0.2, 0.25) is 0 Å². The van der Waals surface area contributed by atoms with Gasteiger partial charge >= 0.3 is 0 Å². The predicted octanol–water partition coefficient (Wildman–Crippen LogP) is 6.43. The number of nitrogens with zero attached hydrogens (tertiary/aromatic N) is 4. The highest BCUT2D eigenvalue weighted by molar-refractivity contribution is 5.93. The molecule has 1 aromatic carbocycles. The molecule has 3 aromatic rings. The predicted molar refractivity (Wildman–Crippen MR) is 159 cm³/mol. The van der Waals surface area contributed by atoms with Crippen LogP contribution < -0.4 is 5.73 Å². The lowest BCUT2D eigenvalue weighted by Crippen LogP contribution is -2.40. The molecule has 2 N–H and O–H groups in total. The number of amides is 1. The van der Waals surface area contributed by atoms with E-state index in [4.69, 9.17) is 5.73 Å². The molecule has 38 heavy (non-hydrogen) atoms. The third-order valence-corrected chi connectivity index (χ3v) is 7.43. The van der Waals surface area contributed by atoms with Crippen LogP contribution in [0.15, 0.2) is 60.4 Å². The van der Waals surface area contributed by atoms with Crippen molar-refractivity contribution in [3.8, 4) is 11.1 Å². The molecule has 1 saturated heterocycles. The fourth-order valence-electron chi connectivity index (χ4n) is 4.99. The smallest absolute Gasteiger partial charge is 0.253 e. The molecule has 1 fully saturated rings. The van der Waals surface area contributed by atoms with Gasteiger partial charge < -0.3 is 10.6 Å². The van der Waals surface area contributed by atoms with Crippen molar-refractivity contribution in [2.45, 2.75) is 59.4 Å². The van der Waals surface area contributed by atoms with Gasteiger partial charge in [-0.1, -0.05) is 37.6 Å². The second-order valence-corrected chi connectivity index (χ2v) is 10.0. The monoisotopic (exact) mass is 513 g/mol. The lowest BCUT2D eigenvalue weighted by molar-refractivity contribution is 0.0827. The van der Waals surface area contributed by atoms with Crippen molar-refractivity contribution in [3.63, 3.8) is 0 Å². The molecule has 1 unspecified atom stereocenters. The Hall–Kier alpha value is -3.51. The van der Waals surface area contributed by atoms with E-state index in [-0.39, 0.29) is 5.91 Å². The number of rotatable bonds is 6. The second kappa shape index (κ2) is 13.3. The lowest BCUT2D eigenvalue weighted by Gasteiger charge is -2.37. The largest absolute Gasteiger partial charge is 0.384 e. The summed E-state index contributed by atoms with van der Waals surface area (Å²) in [5, 5.41) is 0. The normalized spacial score (nSPS) is 15.4. The highest BCUT2D eigenvalue weighted by atomic mass is 16.2. The van der Waals surface area contributed by atoms with Gasteiger partial charge in [-0.05, 0) is 94.1 Å². The van der Waals surface area contributed by atoms with Crippen LogP contribution in [0, 0.1) is 6.92 Å². The summed E-state index contributed by atoms with van der Waals surface area (Å²) in [6.45, 7) is 12.7. The third-order valence-electron chi connectivity index (χ3n) is 7.43. The van der Waals surface area contributed by atoms with E-state index in [0.29, 0.717) is 17.8 Å². The molecule has 0 bridgehead atoms. The summed E-state index contributed by atoms with van der Waals surface area (Å²) in [5.41, 5.74) is 13.5. The maximum atomic E-state index is 12.2. The Labute approximate surface area is 228 Å². The van der Waals surface area contributed by atoms with Crippen LogP contribution in [0.5, 0.6) is 0 Å². The second-order valence-electron chi connectivity index (χ2n) is 10.0. The Morgan fingerprint density at radius 2 is 1.71 bits per heavy atom. The molecule has 3 heterocycles. The molecule has 1 aliphatic heterocycles. The lowest BCUT2D eigenvalue weighted by atomic mass is 9.88. The summed E-state index contributed by atoms with van der Waals surface area (Å²) in [6.07, 6.45) is 8.20. The number of benzene rings is 1. The van der Waals surface area contributed by atoms with Crippen molar-refractivity contribution >= 4 is 17.8 Å². The van der Waals surface area contributed by atoms with Crippen LogP contribution in [-0.2, 0) is 0 Å². The Morgan fingerprint density at radius 1 is 1.05 bits per heavy atom. The molecule has 0 spiro atoms. The Balaban J connectivity index is 0.00000195. The SMILES string of the molecule is C/C(=C\c1c(-c2ccc(N)nc2)ccnc1C)C(C)N1CCC(c2ccc(C(=O)N(C)C)cc2)CC1.CC. The summed E-state index contributed by atoms with van der Waals surface area (Å²) >= 11 is 0. The highest BCUT2D eigenvalue weighted by Crippen LogP contribution is 2.32. The number of anilines is 1. The van der Waals surface area contributed by atoms with E-state index in [1.807, 2.05) is 56.6 Å². The van der Waals surface area contributed by atoms with Gasteiger partial charge in [0.15, 0.2) is 0 Å². The highest BCUT2D eigenvalue weighted by Gasteiger charge is 2.25. The van der Waals surface area contributed by atoms with E-state index in [1.54, 1.807) is 19.0 Å².